The number of amides is 1. The molecule has 6 nitrogen and oxygen atoms in total. The molecular weight excluding hydrogens is 395 g/mol. The van der Waals surface area contributed by atoms with Crippen molar-refractivity contribution in [1.29, 1.82) is 0 Å². The van der Waals surface area contributed by atoms with Gasteiger partial charge in [-0.15, -0.1) is 11.3 Å². The molecule has 28 heavy (non-hydrogen) atoms. The first-order valence-corrected chi connectivity index (χ1v) is 9.17. The van der Waals surface area contributed by atoms with Crippen molar-refractivity contribution in [1.82, 2.24) is 15.0 Å². The zero-order chi connectivity index (χ0) is 19.9. The molecule has 0 aliphatic carbocycles. The van der Waals surface area contributed by atoms with E-state index in [0.717, 1.165) is 16.0 Å². The maximum absolute atomic E-state index is 12.6. The molecule has 3 heterocycles. The number of aryl methyl sites for hydroxylation is 1. The summed E-state index contributed by atoms with van der Waals surface area (Å²) in [7, 11) is 0. The van der Waals surface area contributed by atoms with Crippen molar-refractivity contribution in [3.05, 3.63) is 52.2 Å². The molecular formula is C18H14F3N3O3S. The van der Waals surface area contributed by atoms with Gasteiger partial charge in [-0.2, -0.15) is 18.2 Å². The highest BCUT2D eigenvalue weighted by atomic mass is 32.1. The molecule has 1 aromatic carbocycles. The summed E-state index contributed by atoms with van der Waals surface area (Å²) in [5, 5.41) is 3.41. The Morgan fingerprint density at radius 3 is 2.71 bits per heavy atom. The summed E-state index contributed by atoms with van der Waals surface area (Å²) in [5.41, 5.74) is 2.02. The fourth-order valence-electron chi connectivity index (χ4n) is 2.80. The largest absolute Gasteiger partial charge is 0.471 e. The van der Waals surface area contributed by atoms with E-state index in [4.69, 9.17) is 4.74 Å². The van der Waals surface area contributed by atoms with Gasteiger partial charge < -0.3 is 14.2 Å². The molecule has 0 spiro atoms. The van der Waals surface area contributed by atoms with Crippen LogP contribution in [-0.4, -0.2) is 27.7 Å². The third kappa shape index (κ3) is 3.72. The van der Waals surface area contributed by atoms with Crippen LogP contribution in [-0.2, 0) is 19.1 Å². The highest BCUT2D eigenvalue weighted by Crippen LogP contribution is 2.35. The summed E-state index contributed by atoms with van der Waals surface area (Å²) >= 11 is 1.24. The second-order valence-corrected chi connectivity index (χ2v) is 7.47. The van der Waals surface area contributed by atoms with Gasteiger partial charge in [-0.25, -0.2) is 4.79 Å². The molecule has 146 valence electrons. The molecule has 1 aliphatic rings. The lowest BCUT2D eigenvalue weighted by Crippen LogP contribution is -2.37. The number of benzene rings is 1. The lowest BCUT2D eigenvalue weighted by Gasteiger charge is -2.25. The Hall–Kier alpha value is -2.88. The Balaban J connectivity index is 1.48. The summed E-state index contributed by atoms with van der Waals surface area (Å²) in [4.78, 5) is 18.7. The lowest BCUT2D eigenvalue weighted by molar-refractivity contribution is -0.159. The predicted octanol–water partition coefficient (Wildman–Crippen LogP) is 4.68. The molecule has 0 saturated carbocycles. The normalized spacial score (nSPS) is 14.1. The van der Waals surface area contributed by atoms with Gasteiger partial charge in [0, 0.05) is 11.4 Å². The standard InChI is InChI=1S/C18H14F3N3O3S/c1-10-2-4-12(5-3-10)26-17(25)24-7-6-11-8-13(28-14(11)9-24)15-22-16(27-23-15)18(19,20)21/h2-5,8H,6-7,9H2,1H3. The van der Waals surface area contributed by atoms with E-state index in [-0.39, 0.29) is 5.82 Å². The average Bonchev–Trinajstić information content (AvgIpc) is 3.29. The molecule has 1 amide bonds. The van der Waals surface area contributed by atoms with Gasteiger partial charge in [-0.3, -0.25) is 0 Å². The van der Waals surface area contributed by atoms with E-state index in [1.54, 1.807) is 23.1 Å². The molecule has 0 saturated heterocycles. The number of hydrogen-bond acceptors (Lipinski definition) is 6. The molecule has 0 radical (unpaired) electrons. The molecule has 2 aromatic heterocycles. The summed E-state index contributed by atoms with van der Waals surface area (Å²) < 4.78 is 47.6. The Morgan fingerprint density at radius 1 is 1.29 bits per heavy atom. The quantitative estimate of drug-likeness (QED) is 0.615. The maximum atomic E-state index is 12.6. The number of alkyl halides is 3. The first-order chi connectivity index (χ1) is 13.3. The van der Waals surface area contributed by atoms with E-state index in [1.807, 2.05) is 19.1 Å². The fourth-order valence-corrected chi connectivity index (χ4v) is 3.95. The Kier molecular flexibility index (Phi) is 4.58. The second-order valence-electron chi connectivity index (χ2n) is 6.33. The van der Waals surface area contributed by atoms with Gasteiger partial charge in [0.1, 0.15) is 5.75 Å². The SMILES string of the molecule is Cc1ccc(OC(=O)N2CCc3cc(-c4noc(C(F)(F)F)n4)sc3C2)cc1. The Morgan fingerprint density at radius 2 is 2.04 bits per heavy atom. The van der Waals surface area contributed by atoms with Gasteiger partial charge in [-0.1, -0.05) is 22.9 Å². The minimum atomic E-state index is -4.68. The van der Waals surface area contributed by atoms with Gasteiger partial charge in [0.05, 0.1) is 11.4 Å². The van der Waals surface area contributed by atoms with Crippen molar-refractivity contribution in [3.8, 4) is 16.5 Å². The van der Waals surface area contributed by atoms with Crippen LogP contribution in [0.1, 0.15) is 21.9 Å². The van der Waals surface area contributed by atoms with Crippen LogP contribution in [0.3, 0.4) is 0 Å². The zero-order valence-corrected chi connectivity index (χ0v) is 15.4. The van der Waals surface area contributed by atoms with Gasteiger partial charge in [0.25, 0.3) is 0 Å². The van der Waals surface area contributed by atoms with Gasteiger partial charge >= 0.3 is 18.2 Å². The molecule has 3 aromatic rings. The summed E-state index contributed by atoms with van der Waals surface area (Å²) in [5.74, 6) is -1.03. The van der Waals surface area contributed by atoms with Crippen molar-refractivity contribution in [2.45, 2.75) is 26.1 Å². The monoisotopic (exact) mass is 409 g/mol. The number of fused-ring (bicyclic) bond motifs is 1. The highest BCUT2D eigenvalue weighted by Gasteiger charge is 2.38. The van der Waals surface area contributed by atoms with Gasteiger partial charge in [-0.05, 0) is 37.1 Å². The fraction of sp³-hybridized carbons (Fsp3) is 0.278. The van der Waals surface area contributed by atoms with Crippen molar-refractivity contribution < 1.29 is 27.2 Å². The van der Waals surface area contributed by atoms with Crippen LogP contribution >= 0.6 is 11.3 Å². The molecule has 0 fully saturated rings. The van der Waals surface area contributed by atoms with Crippen molar-refractivity contribution in [2.24, 2.45) is 0 Å². The van der Waals surface area contributed by atoms with Crippen LogP contribution in [0.25, 0.3) is 10.7 Å². The van der Waals surface area contributed by atoms with E-state index >= 15 is 0 Å². The Bertz CT molecular complexity index is 1010. The number of nitrogens with zero attached hydrogens (tertiary/aromatic N) is 3. The smallest absolute Gasteiger partial charge is 0.410 e. The number of thiophene rings is 1. The maximum Gasteiger partial charge on any atom is 0.471 e. The number of rotatable bonds is 2. The number of hydrogen-bond donors (Lipinski definition) is 0. The number of carbonyl (C=O) groups is 1. The minimum absolute atomic E-state index is 0.111. The molecule has 0 atom stereocenters. The van der Waals surface area contributed by atoms with Crippen LogP contribution in [0.4, 0.5) is 18.0 Å². The summed E-state index contributed by atoms with van der Waals surface area (Å²) in [6, 6.07) is 8.89. The third-order valence-electron chi connectivity index (χ3n) is 4.26. The van der Waals surface area contributed by atoms with Crippen LogP contribution in [0, 0.1) is 6.92 Å². The average molecular weight is 409 g/mol. The van der Waals surface area contributed by atoms with Crippen molar-refractivity contribution >= 4 is 17.4 Å². The van der Waals surface area contributed by atoms with Crippen LogP contribution in [0.15, 0.2) is 34.9 Å². The predicted molar refractivity (Wildman–Crippen MR) is 93.9 cm³/mol. The zero-order valence-electron chi connectivity index (χ0n) is 14.6. The molecule has 1 aliphatic heterocycles. The lowest BCUT2D eigenvalue weighted by atomic mass is 10.1. The third-order valence-corrected chi connectivity index (χ3v) is 5.41. The number of halogens is 3. The van der Waals surface area contributed by atoms with Gasteiger partial charge in [0.15, 0.2) is 0 Å². The number of ether oxygens (including phenoxy) is 1. The minimum Gasteiger partial charge on any atom is -0.410 e. The molecule has 4 rings (SSSR count). The first kappa shape index (κ1) is 18.5. The van der Waals surface area contributed by atoms with Crippen LogP contribution in [0.5, 0.6) is 5.75 Å². The molecule has 0 N–H and O–H groups in total. The number of carbonyl (C=O) groups excluding carboxylic acids is 1. The molecule has 10 heteroatoms. The number of aromatic nitrogens is 2. The first-order valence-electron chi connectivity index (χ1n) is 8.36. The molecule has 0 bridgehead atoms. The van der Waals surface area contributed by atoms with Crippen LogP contribution in [0.2, 0.25) is 0 Å². The topological polar surface area (TPSA) is 68.5 Å². The highest BCUT2D eigenvalue weighted by molar-refractivity contribution is 7.15. The van der Waals surface area contributed by atoms with Crippen molar-refractivity contribution in [3.63, 3.8) is 0 Å². The Labute approximate surface area is 161 Å². The second kappa shape index (κ2) is 6.93. The van der Waals surface area contributed by atoms with E-state index < -0.39 is 18.2 Å². The van der Waals surface area contributed by atoms with E-state index in [1.165, 1.54) is 11.3 Å². The van der Waals surface area contributed by atoms with E-state index in [0.29, 0.717) is 30.1 Å². The molecule has 0 unspecified atom stereocenters. The summed E-state index contributed by atoms with van der Waals surface area (Å²) in [6.07, 6.45) is -4.58. The van der Waals surface area contributed by atoms with Gasteiger partial charge in [0.2, 0.25) is 5.82 Å². The van der Waals surface area contributed by atoms with E-state index in [9.17, 15) is 18.0 Å². The summed E-state index contributed by atoms with van der Waals surface area (Å²) in [6.45, 7) is 2.70. The van der Waals surface area contributed by atoms with Crippen molar-refractivity contribution in [2.75, 3.05) is 6.54 Å². The van der Waals surface area contributed by atoms with E-state index in [2.05, 4.69) is 14.7 Å². The van der Waals surface area contributed by atoms with Crippen LogP contribution < -0.4 is 4.74 Å².